The second-order valence-electron chi connectivity index (χ2n) is 3.08. The third kappa shape index (κ3) is 2.60. The quantitative estimate of drug-likeness (QED) is 0.645. The van der Waals surface area contributed by atoms with Crippen molar-refractivity contribution in [1.29, 1.82) is 0 Å². The van der Waals surface area contributed by atoms with E-state index in [1.54, 1.807) is 0 Å². The molecule has 1 N–H and O–H groups in total. The molecule has 0 unspecified atom stereocenters. The minimum Gasteiger partial charge on any atom is -0.308 e. The highest BCUT2D eigenvalue weighted by Gasteiger charge is 2.24. The van der Waals surface area contributed by atoms with Crippen molar-refractivity contribution < 1.29 is 8.78 Å². The van der Waals surface area contributed by atoms with Gasteiger partial charge in [-0.2, -0.15) is 0 Å². The number of alkyl halides is 2. The maximum atomic E-state index is 12.2. The van der Waals surface area contributed by atoms with Crippen LogP contribution in [0.15, 0.2) is 0 Å². The molecule has 60 valence electrons. The fourth-order valence-corrected chi connectivity index (χ4v) is 0.936. The van der Waals surface area contributed by atoms with E-state index in [1.165, 1.54) is 6.42 Å². The van der Waals surface area contributed by atoms with Crippen molar-refractivity contribution in [2.45, 2.75) is 38.2 Å². The summed E-state index contributed by atoms with van der Waals surface area (Å²) in [5.41, 5.74) is 0. The third-order valence-corrected chi connectivity index (χ3v) is 1.81. The Morgan fingerprint density at radius 3 is 2.40 bits per heavy atom. The van der Waals surface area contributed by atoms with Crippen molar-refractivity contribution in [3.63, 3.8) is 0 Å². The van der Waals surface area contributed by atoms with Gasteiger partial charge in [-0.15, -0.1) is 0 Å². The molecule has 0 aromatic carbocycles. The summed E-state index contributed by atoms with van der Waals surface area (Å²) in [5, 5.41) is 2.81. The first-order valence-corrected chi connectivity index (χ1v) is 3.69. The van der Waals surface area contributed by atoms with Gasteiger partial charge in [0, 0.05) is 13.0 Å². The highest BCUT2D eigenvalue weighted by Crippen LogP contribution is 2.19. The Hall–Kier alpha value is -0.180. The molecule has 10 heavy (non-hydrogen) atoms. The standard InChI is InChI=1S/C7H13F2N/c1-7(8,9)5-10-6-3-2-4-6/h6,10H,2-5H2,1H3. The molecular weight excluding hydrogens is 136 g/mol. The van der Waals surface area contributed by atoms with E-state index in [0.717, 1.165) is 19.8 Å². The molecule has 1 aliphatic carbocycles. The molecule has 1 nitrogen and oxygen atoms in total. The summed E-state index contributed by atoms with van der Waals surface area (Å²) >= 11 is 0. The van der Waals surface area contributed by atoms with Crippen molar-refractivity contribution in [2.24, 2.45) is 0 Å². The first-order chi connectivity index (χ1) is 4.58. The second kappa shape index (κ2) is 2.82. The molecule has 1 fully saturated rings. The molecule has 0 spiro atoms. The lowest BCUT2D eigenvalue weighted by molar-refractivity contribution is 0.0171. The molecule has 0 atom stereocenters. The van der Waals surface area contributed by atoms with Gasteiger partial charge in [0.1, 0.15) is 0 Å². The zero-order valence-corrected chi connectivity index (χ0v) is 6.16. The average Bonchev–Trinajstić information content (AvgIpc) is 1.56. The maximum absolute atomic E-state index is 12.2. The van der Waals surface area contributed by atoms with Gasteiger partial charge in [-0.05, 0) is 12.8 Å². The molecule has 3 heteroatoms. The molecule has 0 bridgehead atoms. The number of halogens is 2. The number of hydrogen-bond donors (Lipinski definition) is 1. The highest BCUT2D eigenvalue weighted by molar-refractivity contribution is 4.78. The Balaban J connectivity index is 2.04. The zero-order chi connectivity index (χ0) is 7.61. The van der Waals surface area contributed by atoms with Crippen LogP contribution in [0.2, 0.25) is 0 Å². The number of nitrogens with one attached hydrogen (secondary N) is 1. The van der Waals surface area contributed by atoms with Gasteiger partial charge in [0.2, 0.25) is 0 Å². The summed E-state index contributed by atoms with van der Waals surface area (Å²) in [6.45, 7) is 0.774. The topological polar surface area (TPSA) is 12.0 Å². The van der Waals surface area contributed by atoms with Gasteiger partial charge >= 0.3 is 0 Å². The van der Waals surface area contributed by atoms with E-state index in [9.17, 15) is 8.78 Å². The lowest BCUT2D eigenvalue weighted by Gasteiger charge is -2.27. The van der Waals surface area contributed by atoms with E-state index in [-0.39, 0.29) is 6.54 Å². The number of rotatable bonds is 3. The van der Waals surface area contributed by atoms with E-state index in [4.69, 9.17) is 0 Å². The van der Waals surface area contributed by atoms with Crippen molar-refractivity contribution in [3.8, 4) is 0 Å². The van der Waals surface area contributed by atoms with Gasteiger partial charge in [-0.1, -0.05) is 6.42 Å². The lowest BCUT2D eigenvalue weighted by Crippen LogP contribution is -2.41. The van der Waals surface area contributed by atoms with Crippen LogP contribution in [0.3, 0.4) is 0 Å². The van der Waals surface area contributed by atoms with Crippen LogP contribution >= 0.6 is 0 Å². The van der Waals surface area contributed by atoms with E-state index in [2.05, 4.69) is 5.32 Å². The highest BCUT2D eigenvalue weighted by atomic mass is 19.3. The molecule has 1 saturated carbocycles. The third-order valence-electron chi connectivity index (χ3n) is 1.81. The first kappa shape index (κ1) is 7.92. The summed E-state index contributed by atoms with van der Waals surface area (Å²) in [7, 11) is 0. The minimum absolute atomic E-state index is 0.169. The monoisotopic (exact) mass is 149 g/mol. The van der Waals surface area contributed by atoms with Crippen molar-refractivity contribution in [1.82, 2.24) is 5.32 Å². The smallest absolute Gasteiger partial charge is 0.257 e. The van der Waals surface area contributed by atoms with Crippen LogP contribution in [0, 0.1) is 0 Å². The van der Waals surface area contributed by atoms with E-state index < -0.39 is 5.92 Å². The molecule has 1 aliphatic rings. The van der Waals surface area contributed by atoms with Crippen LogP contribution in [0.1, 0.15) is 26.2 Å². The molecular formula is C7H13F2N. The Morgan fingerprint density at radius 2 is 2.10 bits per heavy atom. The SMILES string of the molecule is CC(F)(F)CNC1CCC1. The molecule has 1 rings (SSSR count). The first-order valence-electron chi connectivity index (χ1n) is 3.69. The normalized spacial score (nSPS) is 20.7. The van der Waals surface area contributed by atoms with Crippen LogP contribution in [0.5, 0.6) is 0 Å². The summed E-state index contributed by atoms with van der Waals surface area (Å²) in [6.07, 6.45) is 3.32. The van der Waals surface area contributed by atoms with Crippen LogP contribution in [-0.4, -0.2) is 18.5 Å². The Kier molecular flexibility index (Phi) is 2.24. The summed E-state index contributed by atoms with van der Waals surface area (Å²) in [4.78, 5) is 0. The molecule has 0 amide bonds. The predicted molar refractivity (Wildman–Crippen MR) is 36.3 cm³/mol. The van der Waals surface area contributed by atoms with Gasteiger partial charge in [0.05, 0.1) is 6.54 Å². The molecule has 0 heterocycles. The molecule has 0 aliphatic heterocycles. The molecule has 0 saturated heterocycles. The summed E-state index contributed by atoms with van der Waals surface area (Å²) in [5.74, 6) is -2.55. The molecule has 0 radical (unpaired) electrons. The maximum Gasteiger partial charge on any atom is 0.257 e. The Morgan fingerprint density at radius 1 is 1.50 bits per heavy atom. The van der Waals surface area contributed by atoms with Crippen molar-refractivity contribution in [3.05, 3.63) is 0 Å². The predicted octanol–water partition coefficient (Wildman–Crippen LogP) is 1.78. The van der Waals surface area contributed by atoms with Gasteiger partial charge in [0.25, 0.3) is 5.92 Å². The summed E-state index contributed by atoms with van der Waals surface area (Å²) in [6, 6.07) is 0.367. The lowest BCUT2D eigenvalue weighted by atomic mass is 9.93. The second-order valence-corrected chi connectivity index (χ2v) is 3.08. The summed E-state index contributed by atoms with van der Waals surface area (Å²) < 4.78 is 24.4. The van der Waals surface area contributed by atoms with Gasteiger partial charge in [0.15, 0.2) is 0 Å². The van der Waals surface area contributed by atoms with Crippen LogP contribution < -0.4 is 5.32 Å². The van der Waals surface area contributed by atoms with Crippen molar-refractivity contribution >= 4 is 0 Å². The molecule has 0 aromatic heterocycles. The van der Waals surface area contributed by atoms with Crippen LogP contribution in [0.25, 0.3) is 0 Å². The van der Waals surface area contributed by atoms with Gasteiger partial charge < -0.3 is 5.32 Å². The van der Waals surface area contributed by atoms with Crippen molar-refractivity contribution in [2.75, 3.05) is 6.54 Å². The zero-order valence-electron chi connectivity index (χ0n) is 6.16. The average molecular weight is 149 g/mol. The van der Waals surface area contributed by atoms with Gasteiger partial charge in [-0.25, -0.2) is 8.78 Å². The van der Waals surface area contributed by atoms with Crippen LogP contribution in [-0.2, 0) is 0 Å². The van der Waals surface area contributed by atoms with E-state index in [0.29, 0.717) is 6.04 Å². The number of hydrogen-bond acceptors (Lipinski definition) is 1. The molecule has 0 aromatic rings. The largest absolute Gasteiger partial charge is 0.308 e. The Labute approximate surface area is 59.8 Å². The Bertz CT molecular complexity index is 105. The fourth-order valence-electron chi connectivity index (χ4n) is 0.936. The van der Waals surface area contributed by atoms with E-state index >= 15 is 0 Å². The van der Waals surface area contributed by atoms with Gasteiger partial charge in [-0.3, -0.25) is 0 Å². The minimum atomic E-state index is -2.55. The fraction of sp³-hybridized carbons (Fsp3) is 1.00. The van der Waals surface area contributed by atoms with E-state index in [1.807, 2.05) is 0 Å². The van der Waals surface area contributed by atoms with Crippen LogP contribution in [0.4, 0.5) is 8.78 Å².